The molecule has 2 aromatic carbocycles. The van der Waals surface area contributed by atoms with Crippen LogP contribution in [-0.4, -0.2) is 0 Å². The van der Waals surface area contributed by atoms with Crippen molar-refractivity contribution in [1.29, 1.82) is 0 Å². The fourth-order valence-electron chi connectivity index (χ4n) is 1.40. The molecular formula is C11H10BrN. The van der Waals surface area contributed by atoms with Crippen LogP contribution in [-0.2, 0) is 0 Å². The zero-order chi connectivity index (χ0) is 9.42. The highest BCUT2D eigenvalue weighted by Crippen LogP contribution is 2.24. The van der Waals surface area contributed by atoms with Crippen molar-refractivity contribution >= 4 is 32.4 Å². The van der Waals surface area contributed by atoms with Gasteiger partial charge in [0.05, 0.1) is 0 Å². The van der Waals surface area contributed by atoms with E-state index in [2.05, 4.69) is 34.1 Å². The number of rotatable bonds is 0. The van der Waals surface area contributed by atoms with Gasteiger partial charge in [-0.2, -0.15) is 0 Å². The van der Waals surface area contributed by atoms with Gasteiger partial charge in [-0.05, 0) is 47.5 Å². The largest absolute Gasteiger partial charge is 0.398 e. The van der Waals surface area contributed by atoms with Gasteiger partial charge in [0.2, 0.25) is 0 Å². The fraction of sp³-hybridized carbons (Fsp3) is 0.0909. The van der Waals surface area contributed by atoms with E-state index in [1.165, 1.54) is 10.8 Å². The SMILES string of the molecule is Cc1cc2ccc(Br)cc2cc1N. The summed E-state index contributed by atoms with van der Waals surface area (Å²) in [6.07, 6.45) is 0. The molecule has 2 aromatic rings. The van der Waals surface area contributed by atoms with Crippen LogP contribution < -0.4 is 5.73 Å². The molecule has 0 fully saturated rings. The Morgan fingerprint density at radius 1 is 1.08 bits per heavy atom. The van der Waals surface area contributed by atoms with Gasteiger partial charge in [-0.1, -0.05) is 22.0 Å². The molecular weight excluding hydrogens is 226 g/mol. The minimum absolute atomic E-state index is 0.852. The van der Waals surface area contributed by atoms with Crippen LogP contribution in [0, 0.1) is 6.92 Å². The van der Waals surface area contributed by atoms with E-state index in [1.807, 2.05) is 19.1 Å². The molecule has 0 aliphatic carbocycles. The second-order valence-corrected chi connectivity index (χ2v) is 4.12. The third kappa shape index (κ3) is 1.54. The van der Waals surface area contributed by atoms with E-state index < -0.39 is 0 Å². The maximum absolute atomic E-state index is 5.82. The Balaban J connectivity index is 2.81. The lowest BCUT2D eigenvalue weighted by Crippen LogP contribution is -1.88. The summed E-state index contributed by atoms with van der Waals surface area (Å²) in [7, 11) is 0. The lowest BCUT2D eigenvalue weighted by Gasteiger charge is -2.03. The molecule has 0 radical (unpaired) electrons. The maximum Gasteiger partial charge on any atom is 0.0350 e. The number of aryl methyl sites for hydroxylation is 1. The Labute approximate surface area is 85.7 Å². The molecule has 0 heterocycles. The summed E-state index contributed by atoms with van der Waals surface area (Å²) in [5, 5.41) is 2.41. The Morgan fingerprint density at radius 2 is 1.85 bits per heavy atom. The zero-order valence-electron chi connectivity index (χ0n) is 7.34. The van der Waals surface area contributed by atoms with E-state index >= 15 is 0 Å². The summed E-state index contributed by atoms with van der Waals surface area (Å²) in [5.74, 6) is 0. The molecule has 0 aromatic heterocycles. The van der Waals surface area contributed by atoms with Gasteiger partial charge in [0.15, 0.2) is 0 Å². The van der Waals surface area contributed by atoms with Crippen LogP contribution in [0.5, 0.6) is 0 Å². The van der Waals surface area contributed by atoms with Crippen LogP contribution in [0.2, 0.25) is 0 Å². The average Bonchev–Trinajstić information content (AvgIpc) is 2.08. The summed E-state index contributed by atoms with van der Waals surface area (Å²) in [6, 6.07) is 10.3. The number of fused-ring (bicyclic) bond motifs is 1. The Morgan fingerprint density at radius 3 is 2.62 bits per heavy atom. The van der Waals surface area contributed by atoms with E-state index in [0.717, 1.165) is 15.7 Å². The number of hydrogen-bond donors (Lipinski definition) is 1. The monoisotopic (exact) mass is 235 g/mol. The molecule has 1 nitrogen and oxygen atoms in total. The minimum atomic E-state index is 0.852. The minimum Gasteiger partial charge on any atom is -0.398 e. The van der Waals surface area contributed by atoms with Crippen LogP contribution >= 0.6 is 15.9 Å². The van der Waals surface area contributed by atoms with Crippen molar-refractivity contribution in [3.63, 3.8) is 0 Å². The first-order chi connectivity index (χ1) is 6.16. The van der Waals surface area contributed by atoms with Crippen LogP contribution in [0.15, 0.2) is 34.8 Å². The summed E-state index contributed by atoms with van der Waals surface area (Å²) in [6.45, 7) is 2.02. The van der Waals surface area contributed by atoms with Crippen molar-refractivity contribution in [3.05, 3.63) is 40.4 Å². The number of anilines is 1. The average molecular weight is 236 g/mol. The van der Waals surface area contributed by atoms with Gasteiger partial charge in [0.25, 0.3) is 0 Å². The Bertz CT molecular complexity index is 463. The van der Waals surface area contributed by atoms with Crippen molar-refractivity contribution < 1.29 is 0 Å². The van der Waals surface area contributed by atoms with E-state index in [4.69, 9.17) is 5.73 Å². The summed E-state index contributed by atoms with van der Waals surface area (Å²) >= 11 is 3.43. The predicted octanol–water partition coefficient (Wildman–Crippen LogP) is 3.49. The molecule has 0 saturated carbocycles. The van der Waals surface area contributed by atoms with E-state index in [0.29, 0.717) is 0 Å². The lowest BCUT2D eigenvalue weighted by molar-refractivity contribution is 1.50. The van der Waals surface area contributed by atoms with Gasteiger partial charge in [-0.25, -0.2) is 0 Å². The highest BCUT2D eigenvalue weighted by molar-refractivity contribution is 9.10. The zero-order valence-corrected chi connectivity index (χ0v) is 8.93. The molecule has 13 heavy (non-hydrogen) atoms. The van der Waals surface area contributed by atoms with Crippen molar-refractivity contribution in [2.75, 3.05) is 5.73 Å². The van der Waals surface area contributed by atoms with Gasteiger partial charge in [-0.3, -0.25) is 0 Å². The van der Waals surface area contributed by atoms with E-state index in [-0.39, 0.29) is 0 Å². The quantitative estimate of drug-likeness (QED) is 0.696. The molecule has 0 bridgehead atoms. The standard InChI is InChI=1S/C11H10BrN/c1-7-4-8-2-3-10(12)5-9(8)6-11(7)13/h2-6H,13H2,1H3. The number of hydrogen-bond acceptors (Lipinski definition) is 1. The molecule has 2 N–H and O–H groups in total. The number of halogens is 1. The van der Waals surface area contributed by atoms with Gasteiger partial charge in [0, 0.05) is 10.2 Å². The van der Waals surface area contributed by atoms with Crippen molar-refractivity contribution in [2.45, 2.75) is 6.92 Å². The molecule has 66 valence electrons. The highest BCUT2D eigenvalue weighted by atomic mass is 79.9. The van der Waals surface area contributed by atoms with Crippen LogP contribution in [0.1, 0.15) is 5.56 Å². The molecule has 0 amide bonds. The van der Waals surface area contributed by atoms with Gasteiger partial charge in [0.1, 0.15) is 0 Å². The second-order valence-electron chi connectivity index (χ2n) is 3.20. The van der Waals surface area contributed by atoms with E-state index in [1.54, 1.807) is 0 Å². The summed E-state index contributed by atoms with van der Waals surface area (Å²) < 4.78 is 1.09. The molecule has 0 unspecified atom stereocenters. The van der Waals surface area contributed by atoms with Crippen LogP contribution in [0.3, 0.4) is 0 Å². The fourth-order valence-corrected chi connectivity index (χ4v) is 1.78. The molecule has 2 rings (SSSR count). The van der Waals surface area contributed by atoms with Gasteiger partial charge in [-0.15, -0.1) is 0 Å². The molecule has 0 saturated heterocycles. The third-order valence-corrected chi connectivity index (χ3v) is 2.68. The van der Waals surface area contributed by atoms with Crippen molar-refractivity contribution in [1.82, 2.24) is 0 Å². The first-order valence-electron chi connectivity index (χ1n) is 4.12. The molecule has 0 atom stereocenters. The summed E-state index contributed by atoms with van der Waals surface area (Å²) in [5.41, 5.74) is 7.81. The first-order valence-corrected chi connectivity index (χ1v) is 4.91. The molecule has 0 spiro atoms. The number of benzene rings is 2. The van der Waals surface area contributed by atoms with Crippen LogP contribution in [0.4, 0.5) is 5.69 Å². The van der Waals surface area contributed by atoms with Gasteiger partial charge >= 0.3 is 0 Å². The Kier molecular flexibility index (Phi) is 2.00. The smallest absolute Gasteiger partial charge is 0.0350 e. The van der Waals surface area contributed by atoms with Crippen LogP contribution in [0.25, 0.3) is 10.8 Å². The normalized spacial score (nSPS) is 10.6. The first kappa shape index (κ1) is 8.57. The maximum atomic E-state index is 5.82. The van der Waals surface area contributed by atoms with Gasteiger partial charge < -0.3 is 5.73 Å². The number of nitrogen functional groups attached to an aromatic ring is 1. The number of nitrogens with two attached hydrogens (primary N) is 1. The molecule has 2 heteroatoms. The highest BCUT2D eigenvalue weighted by Gasteiger charge is 1.98. The lowest BCUT2D eigenvalue weighted by atomic mass is 10.1. The predicted molar refractivity (Wildman–Crippen MR) is 60.8 cm³/mol. The van der Waals surface area contributed by atoms with E-state index in [9.17, 15) is 0 Å². The third-order valence-electron chi connectivity index (χ3n) is 2.19. The second kappa shape index (κ2) is 3.04. The molecule has 0 aliphatic rings. The van der Waals surface area contributed by atoms with Crippen molar-refractivity contribution in [3.8, 4) is 0 Å². The molecule has 0 aliphatic heterocycles. The topological polar surface area (TPSA) is 26.0 Å². The van der Waals surface area contributed by atoms with Crippen molar-refractivity contribution in [2.24, 2.45) is 0 Å². The Hall–Kier alpha value is -1.02. The summed E-state index contributed by atoms with van der Waals surface area (Å²) in [4.78, 5) is 0.